The third-order valence-electron chi connectivity index (χ3n) is 6.18. The summed E-state index contributed by atoms with van der Waals surface area (Å²) < 4.78 is 40.1. The summed E-state index contributed by atoms with van der Waals surface area (Å²) in [5.74, 6) is 0.614. The van der Waals surface area contributed by atoms with Gasteiger partial charge in [-0.25, -0.2) is 13.1 Å². The van der Waals surface area contributed by atoms with E-state index in [1.54, 1.807) is 35.2 Å². The molecule has 0 bridgehead atoms. The molecule has 2 aliphatic rings. The number of hydrogen-bond acceptors (Lipinski definition) is 7. The zero-order valence-electron chi connectivity index (χ0n) is 19.3. The van der Waals surface area contributed by atoms with Crippen molar-refractivity contribution in [2.24, 2.45) is 0 Å². The Kier molecular flexibility index (Phi) is 6.20. The number of fused-ring (bicyclic) bond motifs is 2. The van der Waals surface area contributed by atoms with E-state index >= 15 is 0 Å². The zero-order valence-corrected chi connectivity index (χ0v) is 20.2. The van der Waals surface area contributed by atoms with E-state index in [0.717, 1.165) is 0 Å². The molecule has 184 valence electrons. The highest BCUT2D eigenvalue weighted by molar-refractivity contribution is 7.89. The van der Waals surface area contributed by atoms with E-state index in [9.17, 15) is 18.0 Å². The fourth-order valence-electron chi connectivity index (χ4n) is 4.37. The van der Waals surface area contributed by atoms with Crippen LogP contribution in [0.2, 0.25) is 0 Å². The molecular formula is C24H26N4O6S. The molecular weight excluding hydrogens is 472 g/mol. The highest BCUT2D eigenvalue weighted by Gasteiger charge is 2.32. The minimum atomic E-state index is -3.76. The lowest BCUT2D eigenvalue weighted by Gasteiger charge is -2.34. The summed E-state index contributed by atoms with van der Waals surface area (Å²) in [5.41, 5.74) is -0.0221. The summed E-state index contributed by atoms with van der Waals surface area (Å²) in [5, 5.41) is 5.32. The molecule has 0 radical (unpaired) electrons. The second kappa shape index (κ2) is 9.31. The molecule has 0 aliphatic carbocycles. The number of piperazine rings is 1. The summed E-state index contributed by atoms with van der Waals surface area (Å²) >= 11 is 0. The summed E-state index contributed by atoms with van der Waals surface area (Å²) in [6.45, 7) is 3.86. The van der Waals surface area contributed by atoms with Crippen LogP contribution in [0, 0.1) is 0 Å². The summed E-state index contributed by atoms with van der Waals surface area (Å²) in [7, 11) is -3.76. The van der Waals surface area contributed by atoms with Crippen LogP contribution in [0.3, 0.4) is 0 Å². The SMILES string of the molecule is CCCn1nc(C(=O)N2CCN(S(=O)(=O)c3ccc4c(c3)OCCO4)CC2)c2ccccc2c1=O. The number of aryl methyl sites for hydroxylation is 1. The molecule has 0 atom stereocenters. The van der Waals surface area contributed by atoms with Crippen LogP contribution in [-0.4, -0.2) is 72.7 Å². The van der Waals surface area contributed by atoms with Gasteiger partial charge in [-0.05, 0) is 24.6 Å². The second-order valence-corrected chi connectivity index (χ2v) is 10.4. The Morgan fingerprint density at radius 2 is 1.66 bits per heavy atom. The Labute approximate surface area is 202 Å². The molecule has 1 fully saturated rings. The molecule has 35 heavy (non-hydrogen) atoms. The van der Waals surface area contributed by atoms with Gasteiger partial charge in [-0.1, -0.05) is 25.1 Å². The molecule has 1 aromatic heterocycles. The van der Waals surface area contributed by atoms with Crippen molar-refractivity contribution in [2.45, 2.75) is 24.8 Å². The summed E-state index contributed by atoms with van der Waals surface area (Å²) in [6.07, 6.45) is 0.704. The highest BCUT2D eigenvalue weighted by Crippen LogP contribution is 2.33. The lowest BCUT2D eigenvalue weighted by molar-refractivity contribution is 0.0691. The molecule has 0 unspecified atom stereocenters. The first kappa shape index (κ1) is 23.3. The quantitative estimate of drug-likeness (QED) is 0.527. The van der Waals surface area contributed by atoms with Gasteiger partial charge in [-0.2, -0.15) is 9.40 Å². The fraction of sp³-hybridized carbons (Fsp3) is 0.375. The third kappa shape index (κ3) is 4.25. The van der Waals surface area contributed by atoms with Crippen LogP contribution in [0.15, 0.2) is 52.2 Å². The molecule has 0 N–H and O–H groups in total. The number of rotatable bonds is 5. The molecule has 2 aromatic carbocycles. The number of carbonyl (C=O) groups excluding carboxylic acids is 1. The van der Waals surface area contributed by atoms with Crippen molar-refractivity contribution in [2.75, 3.05) is 39.4 Å². The van der Waals surface area contributed by atoms with Crippen LogP contribution in [0.25, 0.3) is 10.8 Å². The minimum Gasteiger partial charge on any atom is -0.486 e. The number of amides is 1. The van der Waals surface area contributed by atoms with Crippen LogP contribution < -0.4 is 15.0 Å². The maximum absolute atomic E-state index is 13.4. The smallest absolute Gasteiger partial charge is 0.275 e. The number of carbonyl (C=O) groups is 1. The van der Waals surface area contributed by atoms with E-state index in [1.807, 2.05) is 6.92 Å². The first-order valence-corrected chi connectivity index (χ1v) is 13.0. The van der Waals surface area contributed by atoms with Crippen molar-refractivity contribution in [1.29, 1.82) is 0 Å². The van der Waals surface area contributed by atoms with Gasteiger partial charge in [0.25, 0.3) is 11.5 Å². The summed E-state index contributed by atoms with van der Waals surface area (Å²) in [6, 6.07) is 11.5. The maximum Gasteiger partial charge on any atom is 0.275 e. The van der Waals surface area contributed by atoms with Gasteiger partial charge in [0.05, 0.1) is 10.3 Å². The fourth-order valence-corrected chi connectivity index (χ4v) is 5.81. The Morgan fingerprint density at radius 1 is 0.971 bits per heavy atom. The van der Waals surface area contributed by atoms with E-state index < -0.39 is 10.0 Å². The Morgan fingerprint density at radius 3 is 2.37 bits per heavy atom. The molecule has 0 saturated carbocycles. The lowest BCUT2D eigenvalue weighted by atomic mass is 10.1. The second-order valence-electron chi connectivity index (χ2n) is 8.42. The van der Waals surface area contributed by atoms with Gasteiger partial charge >= 0.3 is 0 Å². The molecule has 3 aromatic rings. The van der Waals surface area contributed by atoms with Crippen molar-refractivity contribution < 1.29 is 22.7 Å². The van der Waals surface area contributed by atoms with E-state index in [2.05, 4.69) is 5.10 Å². The standard InChI is InChI=1S/C24H26N4O6S/c1-2-9-28-23(29)19-6-4-3-5-18(19)22(25-28)24(30)26-10-12-27(13-11-26)35(31,32)17-7-8-20-21(16-17)34-15-14-33-20/h3-8,16H,2,9-15H2,1H3. The van der Waals surface area contributed by atoms with Crippen LogP contribution >= 0.6 is 0 Å². The average Bonchev–Trinajstić information content (AvgIpc) is 2.90. The largest absolute Gasteiger partial charge is 0.486 e. The Hall–Kier alpha value is -3.44. The number of sulfonamides is 1. The normalized spacial score (nSPS) is 16.4. The molecule has 1 amide bonds. The van der Waals surface area contributed by atoms with Crippen LogP contribution in [0.1, 0.15) is 23.8 Å². The predicted molar refractivity (Wildman–Crippen MR) is 128 cm³/mol. The van der Waals surface area contributed by atoms with Crippen LogP contribution in [0.5, 0.6) is 11.5 Å². The van der Waals surface area contributed by atoms with Gasteiger partial charge in [0.1, 0.15) is 13.2 Å². The molecule has 3 heterocycles. The van der Waals surface area contributed by atoms with Crippen molar-refractivity contribution in [1.82, 2.24) is 19.0 Å². The Balaban J connectivity index is 1.36. The third-order valence-corrected chi connectivity index (χ3v) is 8.08. The molecule has 0 spiro atoms. The van der Waals surface area contributed by atoms with E-state index in [0.29, 0.717) is 48.5 Å². The predicted octanol–water partition coefficient (Wildman–Crippen LogP) is 1.72. The number of ether oxygens (including phenoxy) is 2. The van der Waals surface area contributed by atoms with Crippen molar-refractivity contribution in [3.8, 4) is 11.5 Å². The first-order valence-electron chi connectivity index (χ1n) is 11.6. The Bertz CT molecular complexity index is 1440. The van der Waals surface area contributed by atoms with Gasteiger partial charge in [0.2, 0.25) is 10.0 Å². The molecule has 11 heteroatoms. The molecule has 1 saturated heterocycles. The van der Waals surface area contributed by atoms with E-state index in [-0.39, 0.29) is 48.2 Å². The van der Waals surface area contributed by atoms with Gasteiger partial charge in [0, 0.05) is 44.2 Å². The number of benzene rings is 2. The topological polar surface area (TPSA) is 111 Å². The van der Waals surface area contributed by atoms with Crippen LogP contribution in [-0.2, 0) is 16.6 Å². The van der Waals surface area contributed by atoms with Gasteiger partial charge in [0.15, 0.2) is 17.2 Å². The highest BCUT2D eigenvalue weighted by atomic mass is 32.2. The van der Waals surface area contributed by atoms with Crippen molar-refractivity contribution >= 4 is 26.7 Å². The van der Waals surface area contributed by atoms with Gasteiger partial charge in [-0.3, -0.25) is 9.59 Å². The van der Waals surface area contributed by atoms with Crippen molar-refractivity contribution in [3.63, 3.8) is 0 Å². The number of nitrogens with zero attached hydrogens (tertiary/aromatic N) is 4. The van der Waals surface area contributed by atoms with E-state index in [1.165, 1.54) is 21.1 Å². The minimum absolute atomic E-state index is 0.126. The van der Waals surface area contributed by atoms with Crippen molar-refractivity contribution in [3.05, 3.63) is 58.5 Å². The molecule has 5 rings (SSSR count). The molecule has 10 nitrogen and oxygen atoms in total. The van der Waals surface area contributed by atoms with Gasteiger partial charge in [-0.15, -0.1) is 0 Å². The number of aromatic nitrogens is 2. The number of hydrogen-bond donors (Lipinski definition) is 0. The maximum atomic E-state index is 13.4. The molecule has 2 aliphatic heterocycles. The van der Waals surface area contributed by atoms with Crippen LogP contribution in [0.4, 0.5) is 0 Å². The average molecular weight is 499 g/mol. The van der Waals surface area contributed by atoms with E-state index in [4.69, 9.17) is 9.47 Å². The zero-order chi connectivity index (χ0) is 24.6. The lowest BCUT2D eigenvalue weighted by Crippen LogP contribution is -2.50. The first-order chi connectivity index (χ1) is 16.9. The summed E-state index contributed by atoms with van der Waals surface area (Å²) in [4.78, 5) is 27.9. The van der Waals surface area contributed by atoms with Gasteiger partial charge < -0.3 is 14.4 Å². The monoisotopic (exact) mass is 498 g/mol.